The average Bonchev–Trinajstić information content (AvgIpc) is 2.63. The van der Waals surface area contributed by atoms with Gasteiger partial charge in [0.1, 0.15) is 11.2 Å². The third kappa shape index (κ3) is 13.9. The molecule has 2 aliphatic carbocycles. The number of aliphatic hydroxyl groups excluding tert-OH is 1. The van der Waals surface area contributed by atoms with E-state index in [2.05, 4.69) is 10.7 Å². The number of amides is 2. The van der Waals surface area contributed by atoms with Crippen LogP contribution >= 0.6 is 10.7 Å². The monoisotopic (exact) mass is 697 g/mol. The number of hydrogen-bond acceptors (Lipinski definition) is 10. The van der Waals surface area contributed by atoms with Crippen LogP contribution in [0.25, 0.3) is 0 Å². The number of carbonyl (C=O) groups excluding carboxylic acids is 2. The second kappa shape index (κ2) is 14.1. The number of hydrogen-bond donors (Lipinski definition) is 1. The molecule has 0 bridgehead atoms. The first-order valence-corrected chi connectivity index (χ1v) is 18.2. The number of halogens is 1. The Morgan fingerprint density at radius 1 is 0.786 bits per heavy atom. The quantitative estimate of drug-likeness (QED) is 0.333. The summed E-state index contributed by atoms with van der Waals surface area (Å²) in [4.78, 5) is 27.0. The summed E-state index contributed by atoms with van der Waals surface area (Å²) in [7, 11) is -2.07. The van der Waals surface area contributed by atoms with Gasteiger partial charge in [-0.2, -0.15) is 8.42 Å². The first-order valence-electron chi connectivity index (χ1n) is 13.7. The Bertz CT molecular complexity index is 1130. The third-order valence-electron chi connectivity index (χ3n) is 7.05. The summed E-state index contributed by atoms with van der Waals surface area (Å²) in [6.45, 7) is 14.1. The standard InChI is InChI=1S/C14H25NO5S.C11H19NO3.CH3ClO2S.V/c1-13(2,3)19-12(16)15-9-14(10-15)7-5-11(6-8-14)20-21(4,17)18;1-10(2,3)15-9(14)12-6-11(7-12)4-8(13)5-11;1-5(2,3)4;/h11H,5-10H2,1-4H3;8,13H,4-7H2,1-3H3;1H3;. The van der Waals surface area contributed by atoms with Crippen molar-refractivity contribution in [1.82, 2.24) is 9.80 Å². The van der Waals surface area contributed by atoms with Crippen LogP contribution in [0.1, 0.15) is 80.1 Å². The van der Waals surface area contributed by atoms with Gasteiger partial charge in [-0.15, -0.1) is 0 Å². The Kier molecular flexibility index (Phi) is 13.2. The van der Waals surface area contributed by atoms with Crippen LogP contribution in [-0.2, 0) is 51.4 Å². The molecule has 16 heteroatoms. The van der Waals surface area contributed by atoms with Crippen molar-refractivity contribution in [2.75, 3.05) is 38.7 Å². The molecule has 2 heterocycles. The maximum Gasteiger partial charge on any atom is 0.410 e. The molecule has 12 nitrogen and oxygen atoms in total. The van der Waals surface area contributed by atoms with Crippen LogP contribution in [0.5, 0.6) is 0 Å². The summed E-state index contributed by atoms with van der Waals surface area (Å²) < 4.78 is 56.7. The predicted octanol–water partition coefficient (Wildman–Crippen LogP) is 3.70. The molecule has 4 fully saturated rings. The predicted molar refractivity (Wildman–Crippen MR) is 155 cm³/mol. The fourth-order valence-corrected chi connectivity index (χ4v) is 6.19. The summed E-state index contributed by atoms with van der Waals surface area (Å²) >= 11 is 0. The number of carbonyl (C=O) groups is 2. The van der Waals surface area contributed by atoms with Gasteiger partial charge in [0.2, 0.25) is 9.05 Å². The smallest absolute Gasteiger partial charge is 0.410 e. The summed E-state index contributed by atoms with van der Waals surface area (Å²) in [5.74, 6) is 0. The van der Waals surface area contributed by atoms with E-state index in [1.54, 1.807) is 9.80 Å². The molecule has 2 aliphatic heterocycles. The van der Waals surface area contributed by atoms with Crippen molar-refractivity contribution in [3.05, 3.63) is 0 Å². The van der Waals surface area contributed by atoms with Crippen molar-refractivity contribution < 1.29 is 63.7 Å². The van der Waals surface area contributed by atoms with E-state index in [0.29, 0.717) is 13.1 Å². The van der Waals surface area contributed by atoms with E-state index in [1.807, 2.05) is 41.5 Å². The van der Waals surface area contributed by atoms with Crippen LogP contribution in [0.3, 0.4) is 0 Å². The Morgan fingerprint density at radius 3 is 1.40 bits per heavy atom. The Morgan fingerprint density at radius 2 is 1.12 bits per heavy atom. The van der Waals surface area contributed by atoms with Gasteiger partial charge in [0.15, 0.2) is 0 Å². The molecule has 1 radical (unpaired) electrons. The van der Waals surface area contributed by atoms with Gasteiger partial charge in [-0.25, -0.2) is 18.0 Å². The van der Waals surface area contributed by atoms with Crippen molar-refractivity contribution >= 4 is 42.0 Å². The molecule has 0 aromatic carbocycles. The largest absolute Gasteiger partial charge is 0.444 e. The molecule has 1 N–H and O–H groups in total. The normalized spacial score (nSPS) is 21.7. The van der Waals surface area contributed by atoms with Gasteiger partial charge in [0.05, 0.1) is 24.7 Å². The van der Waals surface area contributed by atoms with Crippen LogP contribution in [0, 0.1) is 10.8 Å². The molecule has 2 saturated carbocycles. The minimum absolute atomic E-state index is 0. The fourth-order valence-electron chi connectivity index (χ4n) is 5.50. The third-order valence-corrected chi connectivity index (χ3v) is 7.67. The van der Waals surface area contributed by atoms with E-state index >= 15 is 0 Å². The maximum atomic E-state index is 11.9. The molecule has 0 unspecified atom stereocenters. The zero-order valence-corrected chi connectivity index (χ0v) is 29.7. The summed E-state index contributed by atoms with van der Waals surface area (Å²) in [6, 6.07) is 0. The van der Waals surface area contributed by atoms with E-state index < -0.39 is 30.4 Å². The number of likely N-dealkylation sites (tertiary alicyclic amines) is 2. The number of aliphatic hydroxyl groups is 1. The minimum atomic E-state index is -3.38. The van der Waals surface area contributed by atoms with Crippen molar-refractivity contribution in [3.63, 3.8) is 0 Å². The number of ether oxygens (including phenoxy) is 2. The molecule has 0 aromatic rings. The van der Waals surface area contributed by atoms with Crippen molar-refractivity contribution in [2.45, 2.75) is 103 Å². The van der Waals surface area contributed by atoms with Gasteiger partial charge in [-0.1, -0.05) is 0 Å². The Balaban J connectivity index is 0.000000367. The average molecular weight is 698 g/mol. The Labute approximate surface area is 267 Å². The SMILES string of the molecule is CC(C)(C)OC(=O)N1CC2(CC(O)C2)C1.CC(C)(C)OC(=O)N1CC2(CCC(OS(C)(=O)=O)CC2)C1.CS(=O)(=O)Cl.[V]. The summed E-state index contributed by atoms with van der Waals surface area (Å²) in [5, 5.41) is 9.23. The maximum absolute atomic E-state index is 11.9. The van der Waals surface area contributed by atoms with Gasteiger partial charge in [0, 0.05) is 66.2 Å². The first kappa shape index (κ1) is 39.3. The molecular formula is C26H47ClN2O10S2V. The molecule has 42 heavy (non-hydrogen) atoms. The number of nitrogens with zero attached hydrogens (tertiary/aromatic N) is 2. The second-order valence-corrected chi connectivity index (χ2v) is 18.6. The molecule has 245 valence electrons. The van der Waals surface area contributed by atoms with Crippen molar-refractivity contribution in [2.24, 2.45) is 10.8 Å². The topological polar surface area (TPSA) is 157 Å². The van der Waals surface area contributed by atoms with E-state index in [4.69, 9.17) is 13.7 Å². The number of rotatable bonds is 2. The molecule has 4 rings (SSSR count). The van der Waals surface area contributed by atoms with E-state index in [9.17, 15) is 31.5 Å². The van der Waals surface area contributed by atoms with Crippen LogP contribution in [0.4, 0.5) is 9.59 Å². The second-order valence-electron chi connectivity index (χ2n) is 13.9. The van der Waals surface area contributed by atoms with Gasteiger partial charge in [-0.05, 0) is 80.1 Å². The van der Waals surface area contributed by atoms with E-state index in [1.165, 1.54) is 0 Å². The zero-order valence-electron chi connectivity index (χ0n) is 25.9. The summed E-state index contributed by atoms with van der Waals surface area (Å²) in [5.41, 5.74) is -0.537. The van der Waals surface area contributed by atoms with Crippen LogP contribution in [0.2, 0.25) is 0 Å². The van der Waals surface area contributed by atoms with Gasteiger partial charge < -0.3 is 24.4 Å². The van der Waals surface area contributed by atoms with Crippen LogP contribution in [-0.4, -0.2) is 106 Å². The molecular weight excluding hydrogens is 651 g/mol. The minimum Gasteiger partial charge on any atom is -0.444 e. The molecule has 2 saturated heterocycles. The van der Waals surface area contributed by atoms with Gasteiger partial charge in [0.25, 0.3) is 10.1 Å². The van der Waals surface area contributed by atoms with Crippen molar-refractivity contribution in [1.29, 1.82) is 0 Å². The van der Waals surface area contributed by atoms with Crippen molar-refractivity contribution in [3.8, 4) is 0 Å². The van der Waals surface area contributed by atoms with E-state index in [-0.39, 0.29) is 53.8 Å². The zero-order chi connectivity index (χ0) is 31.7. The Hall–Kier alpha value is -0.766. The first-order chi connectivity index (χ1) is 18.3. The molecule has 4 aliphatic rings. The summed E-state index contributed by atoms with van der Waals surface area (Å²) in [6.07, 6.45) is 6.10. The van der Waals surface area contributed by atoms with Crippen LogP contribution in [0.15, 0.2) is 0 Å². The molecule has 2 spiro atoms. The van der Waals surface area contributed by atoms with Gasteiger partial charge in [-0.3, -0.25) is 4.18 Å². The molecule has 0 atom stereocenters. The molecule has 0 aromatic heterocycles. The van der Waals surface area contributed by atoms with E-state index in [0.717, 1.165) is 64.1 Å². The van der Waals surface area contributed by atoms with Gasteiger partial charge >= 0.3 is 12.2 Å². The fraction of sp³-hybridized carbons (Fsp3) is 0.923. The van der Waals surface area contributed by atoms with Crippen LogP contribution < -0.4 is 0 Å². The molecule has 2 amide bonds.